The molecule has 0 aliphatic carbocycles. The second-order valence-electron chi connectivity index (χ2n) is 3.65. The summed E-state index contributed by atoms with van der Waals surface area (Å²) < 4.78 is 0. The minimum Gasteiger partial charge on any atom is -0.278 e. The maximum Gasteiger partial charge on any atom is 0.0700 e. The van der Waals surface area contributed by atoms with Gasteiger partial charge >= 0.3 is 0 Å². The molecule has 0 amide bonds. The van der Waals surface area contributed by atoms with Crippen molar-refractivity contribution in [2.45, 2.75) is 26.2 Å². The SMILES string of the molecule is [CH2]c1ccc2[nH]nc(CCCC)c2c1. The number of rotatable bonds is 3. The number of fused-ring (bicyclic) bond motifs is 1. The summed E-state index contributed by atoms with van der Waals surface area (Å²) >= 11 is 0. The molecule has 2 heteroatoms. The first kappa shape index (κ1) is 9.25. The maximum absolute atomic E-state index is 4.32. The van der Waals surface area contributed by atoms with Gasteiger partial charge in [-0.15, -0.1) is 0 Å². The Bertz CT molecular complexity index is 429. The molecule has 14 heavy (non-hydrogen) atoms. The molecule has 0 aliphatic rings. The van der Waals surface area contributed by atoms with Crippen molar-refractivity contribution in [3.63, 3.8) is 0 Å². The first-order chi connectivity index (χ1) is 6.81. The van der Waals surface area contributed by atoms with Crippen molar-refractivity contribution < 1.29 is 0 Å². The van der Waals surface area contributed by atoms with Gasteiger partial charge in [0.2, 0.25) is 0 Å². The Kier molecular flexibility index (Phi) is 2.53. The van der Waals surface area contributed by atoms with E-state index in [1.54, 1.807) is 0 Å². The van der Waals surface area contributed by atoms with Gasteiger partial charge in [0, 0.05) is 5.39 Å². The average Bonchev–Trinajstić information content (AvgIpc) is 2.57. The molecule has 0 aliphatic heterocycles. The average molecular weight is 187 g/mol. The number of nitrogens with one attached hydrogen (secondary N) is 1. The van der Waals surface area contributed by atoms with Crippen LogP contribution >= 0.6 is 0 Å². The molecule has 1 aromatic carbocycles. The second kappa shape index (κ2) is 3.82. The van der Waals surface area contributed by atoms with Crippen LogP contribution in [-0.2, 0) is 6.42 Å². The summed E-state index contributed by atoms with van der Waals surface area (Å²) in [7, 11) is 0. The molecule has 2 aromatic rings. The highest BCUT2D eigenvalue weighted by Crippen LogP contribution is 2.18. The van der Waals surface area contributed by atoms with Crippen molar-refractivity contribution in [1.29, 1.82) is 0 Å². The van der Waals surface area contributed by atoms with Crippen LogP contribution in [0.25, 0.3) is 10.9 Å². The zero-order chi connectivity index (χ0) is 9.97. The van der Waals surface area contributed by atoms with E-state index in [1.165, 1.54) is 23.9 Å². The third kappa shape index (κ3) is 1.65. The van der Waals surface area contributed by atoms with Crippen molar-refractivity contribution >= 4 is 10.9 Å². The summed E-state index contributed by atoms with van der Waals surface area (Å²) in [5.41, 5.74) is 3.34. The molecule has 0 fully saturated rings. The van der Waals surface area contributed by atoms with Gasteiger partial charge in [-0.3, -0.25) is 5.10 Å². The molecule has 2 rings (SSSR count). The number of unbranched alkanes of at least 4 members (excludes halogenated alkanes) is 1. The van der Waals surface area contributed by atoms with Crippen LogP contribution in [0.3, 0.4) is 0 Å². The second-order valence-corrected chi connectivity index (χ2v) is 3.65. The minimum absolute atomic E-state index is 1.05. The number of hydrogen-bond donors (Lipinski definition) is 1. The lowest BCUT2D eigenvalue weighted by atomic mass is 10.1. The number of hydrogen-bond acceptors (Lipinski definition) is 1. The van der Waals surface area contributed by atoms with Crippen LogP contribution in [0, 0.1) is 6.92 Å². The van der Waals surface area contributed by atoms with Gasteiger partial charge in [-0.2, -0.15) is 5.10 Å². The van der Waals surface area contributed by atoms with Crippen LogP contribution in [0.15, 0.2) is 18.2 Å². The summed E-state index contributed by atoms with van der Waals surface area (Å²) in [6, 6.07) is 6.15. The van der Waals surface area contributed by atoms with Crippen molar-refractivity contribution in [1.82, 2.24) is 10.2 Å². The van der Waals surface area contributed by atoms with Crippen molar-refractivity contribution in [3.05, 3.63) is 36.4 Å². The third-order valence-corrected chi connectivity index (χ3v) is 2.47. The largest absolute Gasteiger partial charge is 0.278 e. The lowest BCUT2D eigenvalue weighted by molar-refractivity contribution is 0.775. The summed E-state index contributed by atoms with van der Waals surface area (Å²) in [4.78, 5) is 0. The van der Waals surface area contributed by atoms with Crippen molar-refractivity contribution in [2.75, 3.05) is 0 Å². The van der Waals surface area contributed by atoms with E-state index in [2.05, 4.69) is 30.1 Å². The highest BCUT2D eigenvalue weighted by Gasteiger charge is 2.04. The van der Waals surface area contributed by atoms with Crippen molar-refractivity contribution in [2.24, 2.45) is 0 Å². The van der Waals surface area contributed by atoms with Gasteiger partial charge in [0.25, 0.3) is 0 Å². The summed E-state index contributed by atoms with van der Waals surface area (Å²) in [6.45, 7) is 6.13. The molecule has 2 nitrogen and oxygen atoms in total. The Morgan fingerprint density at radius 2 is 2.29 bits per heavy atom. The summed E-state index contributed by atoms with van der Waals surface area (Å²) in [6.07, 6.45) is 3.46. The normalized spacial score (nSPS) is 11.0. The quantitative estimate of drug-likeness (QED) is 0.785. The first-order valence-electron chi connectivity index (χ1n) is 5.10. The highest BCUT2D eigenvalue weighted by molar-refractivity contribution is 5.82. The lowest BCUT2D eigenvalue weighted by Gasteiger charge is -1.96. The van der Waals surface area contributed by atoms with E-state index >= 15 is 0 Å². The number of aryl methyl sites for hydroxylation is 1. The fraction of sp³-hybridized carbons (Fsp3) is 0.333. The molecular formula is C12H15N2. The topological polar surface area (TPSA) is 28.7 Å². The van der Waals surface area contributed by atoms with E-state index < -0.39 is 0 Å². The van der Waals surface area contributed by atoms with E-state index in [9.17, 15) is 0 Å². The van der Waals surface area contributed by atoms with Gasteiger partial charge < -0.3 is 0 Å². The summed E-state index contributed by atoms with van der Waals surface area (Å²) in [5, 5.41) is 8.60. The van der Waals surface area contributed by atoms with Gasteiger partial charge in [0.05, 0.1) is 11.2 Å². The van der Waals surface area contributed by atoms with Gasteiger partial charge in [-0.05, 0) is 37.5 Å². The molecule has 0 saturated heterocycles. The van der Waals surface area contributed by atoms with Crippen LogP contribution in [0.2, 0.25) is 0 Å². The van der Waals surface area contributed by atoms with Gasteiger partial charge in [-0.25, -0.2) is 0 Å². The standard InChI is InChI=1S/C12H15N2/c1-3-4-5-11-10-8-9(2)6-7-12(10)14-13-11/h6-8H,2-5H2,1H3,(H,13,14). The molecule has 0 saturated carbocycles. The lowest BCUT2D eigenvalue weighted by Crippen LogP contribution is -1.85. The molecule has 73 valence electrons. The molecule has 1 N–H and O–H groups in total. The van der Waals surface area contributed by atoms with Crippen molar-refractivity contribution in [3.8, 4) is 0 Å². The molecule has 1 aromatic heterocycles. The van der Waals surface area contributed by atoms with Crippen LogP contribution in [0.5, 0.6) is 0 Å². The number of benzene rings is 1. The zero-order valence-electron chi connectivity index (χ0n) is 8.51. The van der Waals surface area contributed by atoms with E-state index in [1.807, 2.05) is 12.1 Å². The smallest absolute Gasteiger partial charge is 0.0700 e. The maximum atomic E-state index is 4.32. The Hall–Kier alpha value is -1.31. The molecule has 0 unspecified atom stereocenters. The Labute approximate surface area is 84.3 Å². The fourth-order valence-electron chi connectivity index (χ4n) is 1.65. The Morgan fingerprint density at radius 3 is 3.07 bits per heavy atom. The molecule has 0 spiro atoms. The third-order valence-electron chi connectivity index (χ3n) is 2.47. The number of aromatic amines is 1. The highest BCUT2D eigenvalue weighted by atomic mass is 15.1. The molecule has 1 heterocycles. The molecule has 0 bridgehead atoms. The number of nitrogens with zero attached hydrogens (tertiary/aromatic N) is 1. The van der Waals surface area contributed by atoms with E-state index in [0.717, 1.165) is 17.5 Å². The minimum atomic E-state index is 1.05. The fourth-order valence-corrected chi connectivity index (χ4v) is 1.65. The van der Waals surface area contributed by atoms with Gasteiger partial charge in [0.1, 0.15) is 0 Å². The Balaban J connectivity index is 2.40. The predicted octanol–water partition coefficient (Wildman–Crippen LogP) is 3.09. The summed E-state index contributed by atoms with van der Waals surface area (Å²) in [5.74, 6) is 0. The monoisotopic (exact) mass is 187 g/mol. The zero-order valence-corrected chi connectivity index (χ0v) is 8.51. The first-order valence-corrected chi connectivity index (χ1v) is 5.10. The predicted molar refractivity (Wildman–Crippen MR) is 59.2 cm³/mol. The number of H-pyrrole nitrogens is 1. The van der Waals surface area contributed by atoms with E-state index in [0.29, 0.717) is 0 Å². The van der Waals surface area contributed by atoms with E-state index in [4.69, 9.17) is 0 Å². The number of aromatic nitrogens is 2. The van der Waals surface area contributed by atoms with E-state index in [-0.39, 0.29) is 0 Å². The van der Waals surface area contributed by atoms with Crippen LogP contribution in [0.1, 0.15) is 31.0 Å². The Morgan fingerprint density at radius 1 is 1.43 bits per heavy atom. The molecule has 0 atom stereocenters. The molecular weight excluding hydrogens is 172 g/mol. The van der Waals surface area contributed by atoms with Crippen LogP contribution < -0.4 is 0 Å². The molecule has 1 radical (unpaired) electrons. The van der Waals surface area contributed by atoms with Crippen LogP contribution in [0.4, 0.5) is 0 Å². The van der Waals surface area contributed by atoms with Crippen LogP contribution in [-0.4, -0.2) is 10.2 Å². The van der Waals surface area contributed by atoms with Gasteiger partial charge in [-0.1, -0.05) is 19.4 Å². The van der Waals surface area contributed by atoms with Gasteiger partial charge in [0.15, 0.2) is 0 Å².